The molecule has 0 saturated heterocycles. The number of anilines is 3. The average Bonchev–Trinajstić information content (AvgIpc) is 2.81. The van der Waals surface area contributed by atoms with Crippen LogP contribution in [-0.4, -0.2) is 0 Å². The summed E-state index contributed by atoms with van der Waals surface area (Å²) < 4.78 is 0. The van der Waals surface area contributed by atoms with E-state index >= 15 is 0 Å². The van der Waals surface area contributed by atoms with Crippen molar-refractivity contribution in [3.05, 3.63) is 126 Å². The van der Waals surface area contributed by atoms with E-state index in [0.717, 1.165) is 27.5 Å². The van der Waals surface area contributed by atoms with Crippen LogP contribution in [0.1, 0.15) is 0 Å². The van der Waals surface area contributed by atoms with Crippen LogP contribution >= 0.6 is 11.6 Å². The molecular formula is C28H20ClN. The molecule has 0 radical (unpaired) electrons. The van der Waals surface area contributed by atoms with Gasteiger partial charge in [-0.2, -0.15) is 0 Å². The monoisotopic (exact) mass is 405 g/mol. The highest BCUT2D eigenvalue weighted by Crippen LogP contribution is 2.35. The zero-order chi connectivity index (χ0) is 20.3. The van der Waals surface area contributed by atoms with Crippen molar-refractivity contribution in [3.8, 4) is 11.1 Å². The van der Waals surface area contributed by atoms with Crippen LogP contribution in [0.2, 0.25) is 5.02 Å². The first-order valence-electron chi connectivity index (χ1n) is 9.98. The smallest absolute Gasteiger partial charge is 0.0462 e. The highest BCUT2D eigenvalue weighted by Gasteiger charge is 2.12. The fraction of sp³-hybridized carbons (Fsp3) is 0. The molecule has 0 saturated carbocycles. The Hall–Kier alpha value is -3.55. The fourth-order valence-electron chi connectivity index (χ4n) is 3.80. The van der Waals surface area contributed by atoms with Gasteiger partial charge in [0.15, 0.2) is 0 Å². The Morgan fingerprint density at radius 3 is 1.57 bits per heavy atom. The van der Waals surface area contributed by atoms with Gasteiger partial charge in [0.1, 0.15) is 0 Å². The number of rotatable bonds is 4. The molecule has 0 aliphatic carbocycles. The Bertz CT molecular complexity index is 1240. The van der Waals surface area contributed by atoms with Gasteiger partial charge in [-0.15, -0.1) is 0 Å². The standard InChI is InChI=1S/C28H20ClN/c29-25-16-13-23-19-22(11-12-24(23)20-25)21-14-17-28(18-15-21)30(26-7-3-1-4-8-26)27-9-5-2-6-10-27/h1-20H. The molecule has 5 rings (SSSR count). The molecule has 0 atom stereocenters. The summed E-state index contributed by atoms with van der Waals surface area (Å²) in [6.45, 7) is 0. The lowest BCUT2D eigenvalue weighted by atomic mass is 10.0. The maximum atomic E-state index is 6.12. The summed E-state index contributed by atoms with van der Waals surface area (Å²) in [6, 6.07) is 42.2. The van der Waals surface area contributed by atoms with E-state index in [1.54, 1.807) is 0 Å². The van der Waals surface area contributed by atoms with E-state index in [4.69, 9.17) is 11.6 Å². The summed E-state index contributed by atoms with van der Waals surface area (Å²) >= 11 is 6.12. The first kappa shape index (κ1) is 18.5. The van der Waals surface area contributed by atoms with Crippen LogP contribution in [0.15, 0.2) is 121 Å². The second kappa shape index (κ2) is 8.06. The van der Waals surface area contributed by atoms with E-state index in [9.17, 15) is 0 Å². The van der Waals surface area contributed by atoms with Crippen molar-refractivity contribution in [1.82, 2.24) is 0 Å². The van der Waals surface area contributed by atoms with E-state index in [1.165, 1.54) is 16.5 Å². The van der Waals surface area contributed by atoms with Crippen LogP contribution in [0.5, 0.6) is 0 Å². The topological polar surface area (TPSA) is 3.24 Å². The highest BCUT2D eigenvalue weighted by molar-refractivity contribution is 6.31. The van der Waals surface area contributed by atoms with Gasteiger partial charge in [0.05, 0.1) is 0 Å². The summed E-state index contributed by atoms with van der Waals surface area (Å²) in [5.41, 5.74) is 5.79. The molecule has 2 heteroatoms. The summed E-state index contributed by atoms with van der Waals surface area (Å²) in [5, 5.41) is 3.11. The third-order valence-corrected chi connectivity index (χ3v) is 5.53. The first-order valence-corrected chi connectivity index (χ1v) is 10.4. The van der Waals surface area contributed by atoms with Crippen molar-refractivity contribution in [2.45, 2.75) is 0 Å². The highest BCUT2D eigenvalue weighted by atomic mass is 35.5. The molecular weight excluding hydrogens is 386 g/mol. The van der Waals surface area contributed by atoms with Gasteiger partial charge >= 0.3 is 0 Å². The van der Waals surface area contributed by atoms with Crippen LogP contribution in [0.25, 0.3) is 21.9 Å². The van der Waals surface area contributed by atoms with Gasteiger partial charge in [-0.1, -0.05) is 78.3 Å². The minimum atomic E-state index is 0.765. The Balaban J connectivity index is 1.53. The van der Waals surface area contributed by atoms with Crippen molar-refractivity contribution < 1.29 is 0 Å². The van der Waals surface area contributed by atoms with Gasteiger partial charge < -0.3 is 4.90 Å². The lowest BCUT2D eigenvalue weighted by molar-refractivity contribution is 1.28. The van der Waals surface area contributed by atoms with E-state index in [-0.39, 0.29) is 0 Å². The quantitative estimate of drug-likeness (QED) is 0.289. The normalized spacial score (nSPS) is 10.8. The number of para-hydroxylation sites is 2. The van der Waals surface area contributed by atoms with Gasteiger partial charge in [0.25, 0.3) is 0 Å². The van der Waals surface area contributed by atoms with Crippen LogP contribution in [0.4, 0.5) is 17.1 Å². The van der Waals surface area contributed by atoms with Crippen LogP contribution in [0.3, 0.4) is 0 Å². The SMILES string of the molecule is Clc1ccc2cc(-c3ccc(N(c4ccccc4)c4ccccc4)cc3)ccc2c1. The number of fused-ring (bicyclic) bond motifs is 1. The number of hydrogen-bond acceptors (Lipinski definition) is 1. The third kappa shape index (κ3) is 3.68. The fourth-order valence-corrected chi connectivity index (χ4v) is 3.98. The van der Waals surface area contributed by atoms with Gasteiger partial charge in [0.2, 0.25) is 0 Å². The van der Waals surface area contributed by atoms with E-state index < -0.39 is 0 Å². The van der Waals surface area contributed by atoms with Gasteiger partial charge in [-0.05, 0) is 76.5 Å². The van der Waals surface area contributed by atoms with Crippen molar-refractivity contribution >= 4 is 39.4 Å². The summed E-state index contributed by atoms with van der Waals surface area (Å²) in [6.07, 6.45) is 0. The van der Waals surface area contributed by atoms with E-state index in [2.05, 4.69) is 102 Å². The molecule has 0 amide bonds. The predicted molar refractivity (Wildman–Crippen MR) is 129 cm³/mol. The first-order chi connectivity index (χ1) is 14.8. The molecule has 0 N–H and O–H groups in total. The van der Waals surface area contributed by atoms with Crippen LogP contribution in [0, 0.1) is 0 Å². The Morgan fingerprint density at radius 2 is 0.933 bits per heavy atom. The molecule has 30 heavy (non-hydrogen) atoms. The minimum absolute atomic E-state index is 0.765. The molecule has 0 heterocycles. The van der Waals surface area contributed by atoms with Crippen molar-refractivity contribution in [3.63, 3.8) is 0 Å². The number of benzene rings is 5. The van der Waals surface area contributed by atoms with E-state index in [0.29, 0.717) is 0 Å². The van der Waals surface area contributed by atoms with Crippen LogP contribution < -0.4 is 4.90 Å². The van der Waals surface area contributed by atoms with E-state index in [1.807, 2.05) is 24.3 Å². The number of hydrogen-bond donors (Lipinski definition) is 0. The summed E-state index contributed by atoms with van der Waals surface area (Å²) in [5.74, 6) is 0. The largest absolute Gasteiger partial charge is 0.311 e. The summed E-state index contributed by atoms with van der Waals surface area (Å²) in [4.78, 5) is 2.27. The molecule has 0 bridgehead atoms. The average molecular weight is 406 g/mol. The van der Waals surface area contributed by atoms with Gasteiger partial charge in [0, 0.05) is 22.1 Å². The third-order valence-electron chi connectivity index (χ3n) is 5.29. The maximum absolute atomic E-state index is 6.12. The lowest BCUT2D eigenvalue weighted by Gasteiger charge is -2.25. The maximum Gasteiger partial charge on any atom is 0.0462 e. The molecule has 5 aromatic carbocycles. The molecule has 0 unspecified atom stereocenters. The van der Waals surface area contributed by atoms with Crippen LogP contribution in [-0.2, 0) is 0 Å². The zero-order valence-electron chi connectivity index (χ0n) is 16.4. The Morgan fingerprint density at radius 1 is 0.433 bits per heavy atom. The minimum Gasteiger partial charge on any atom is -0.311 e. The Labute approximate surface area is 181 Å². The van der Waals surface area contributed by atoms with Gasteiger partial charge in [-0.25, -0.2) is 0 Å². The molecule has 0 spiro atoms. The van der Waals surface area contributed by atoms with Crippen molar-refractivity contribution in [2.75, 3.05) is 4.90 Å². The molecule has 0 aromatic heterocycles. The number of halogens is 1. The lowest BCUT2D eigenvalue weighted by Crippen LogP contribution is -2.09. The molecule has 0 fully saturated rings. The molecule has 5 aromatic rings. The summed E-state index contributed by atoms with van der Waals surface area (Å²) in [7, 11) is 0. The second-order valence-corrected chi connectivity index (χ2v) is 7.70. The molecule has 144 valence electrons. The molecule has 0 aliphatic rings. The number of nitrogens with zero attached hydrogens (tertiary/aromatic N) is 1. The second-order valence-electron chi connectivity index (χ2n) is 7.26. The van der Waals surface area contributed by atoms with Crippen molar-refractivity contribution in [1.29, 1.82) is 0 Å². The molecule has 1 nitrogen and oxygen atoms in total. The Kier molecular flexibility index (Phi) is 4.96. The predicted octanol–water partition coefficient (Wildman–Crippen LogP) is 8.63. The van der Waals surface area contributed by atoms with Gasteiger partial charge in [-0.3, -0.25) is 0 Å². The zero-order valence-corrected chi connectivity index (χ0v) is 17.1. The molecule has 0 aliphatic heterocycles. The van der Waals surface area contributed by atoms with Crippen molar-refractivity contribution in [2.24, 2.45) is 0 Å².